The molecule has 5 nitrogen and oxygen atoms in total. The Morgan fingerprint density at radius 2 is 2.05 bits per heavy atom. The molecule has 0 aliphatic heterocycles. The number of nitrogens with two attached hydrogens (primary N) is 1. The summed E-state index contributed by atoms with van der Waals surface area (Å²) in [5, 5.41) is 3.26. The van der Waals surface area contributed by atoms with E-state index in [1.807, 2.05) is 0 Å². The van der Waals surface area contributed by atoms with E-state index >= 15 is 0 Å². The Kier molecular flexibility index (Phi) is 4.56. The number of halogens is 1. The molecule has 2 aromatic rings. The average molecular weight is 320 g/mol. The van der Waals surface area contributed by atoms with Crippen molar-refractivity contribution in [3.63, 3.8) is 0 Å². The van der Waals surface area contributed by atoms with E-state index in [0.29, 0.717) is 16.4 Å². The number of nitrogens with one attached hydrogen (secondary N) is 1. The lowest BCUT2D eigenvalue weighted by atomic mass is 9.92. The first-order valence-corrected chi connectivity index (χ1v) is 7.19. The Morgan fingerprint density at radius 3 is 2.73 bits per heavy atom. The highest BCUT2D eigenvalue weighted by Gasteiger charge is 2.28. The highest BCUT2D eigenvalue weighted by molar-refractivity contribution is 6.30. The van der Waals surface area contributed by atoms with Crippen molar-refractivity contribution in [3.05, 3.63) is 58.0 Å². The van der Waals surface area contributed by atoms with Crippen molar-refractivity contribution in [2.24, 2.45) is 5.41 Å². The zero-order chi connectivity index (χ0) is 16.3. The number of nitrogen functional groups attached to an aromatic ring is 1. The first kappa shape index (κ1) is 16.1. The number of amides is 1. The van der Waals surface area contributed by atoms with Gasteiger partial charge in [-0.1, -0.05) is 17.7 Å². The molecule has 0 bridgehead atoms. The van der Waals surface area contributed by atoms with E-state index < -0.39 is 5.41 Å². The van der Waals surface area contributed by atoms with Gasteiger partial charge in [-0.3, -0.25) is 9.59 Å². The molecule has 22 heavy (non-hydrogen) atoms. The summed E-state index contributed by atoms with van der Waals surface area (Å²) >= 11 is 5.90. The number of carbonyl (C=O) groups is 1. The number of hydrogen-bond donors (Lipinski definition) is 2. The predicted octanol–water partition coefficient (Wildman–Crippen LogP) is 2.75. The summed E-state index contributed by atoms with van der Waals surface area (Å²) in [6.45, 7) is 3.75. The molecule has 0 unspecified atom stereocenters. The van der Waals surface area contributed by atoms with Crippen LogP contribution in [0.2, 0.25) is 5.02 Å². The lowest BCUT2D eigenvalue weighted by Crippen LogP contribution is -2.37. The van der Waals surface area contributed by atoms with Crippen molar-refractivity contribution in [3.8, 4) is 0 Å². The van der Waals surface area contributed by atoms with Gasteiger partial charge in [0.25, 0.3) is 5.56 Å². The quantitative estimate of drug-likeness (QED) is 0.851. The summed E-state index contributed by atoms with van der Waals surface area (Å²) < 4.78 is 1.43. The van der Waals surface area contributed by atoms with Crippen LogP contribution < -0.4 is 16.6 Å². The number of pyridine rings is 1. The molecule has 0 saturated heterocycles. The number of anilines is 2. The molecule has 1 aromatic heterocycles. The van der Waals surface area contributed by atoms with Crippen LogP contribution in [0.15, 0.2) is 47.4 Å². The normalized spacial score (nSPS) is 11.2. The predicted molar refractivity (Wildman–Crippen MR) is 89.0 cm³/mol. The van der Waals surface area contributed by atoms with Gasteiger partial charge in [0.1, 0.15) is 0 Å². The maximum Gasteiger partial charge on any atom is 0.250 e. The van der Waals surface area contributed by atoms with E-state index in [9.17, 15) is 9.59 Å². The van der Waals surface area contributed by atoms with E-state index in [-0.39, 0.29) is 18.0 Å². The minimum atomic E-state index is -0.793. The van der Waals surface area contributed by atoms with E-state index in [4.69, 9.17) is 17.3 Å². The summed E-state index contributed by atoms with van der Waals surface area (Å²) in [6.07, 6.45) is 1.53. The van der Waals surface area contributed by atoms with Crippen LogP contribution in [0.4, 0.5) is 11.4 Å². The first-order valence-electron chi connectivity index (χ1n) is 6.81. The number of nitrogens with zero attached hydrogens (tertiary/aromatic N) is 1. The number of hydrogen-bond acceptors (Lipinski definition) is 3. The van der Waals surface area contributed by atoms with Crippen molar-refractivity contribution in [1.29, 1.82) is 0 Å². The molecule has 0 atom stereocenters. The van der Waals surface area contributed by atoms with Gasteiger partial charge in [0, 0.05) is 30.2 Å². The van der Waals surface area contributed by atoms with Gasteiger partial charge in [0.05, 0.1) is 10.4 Å². The van der Waals surface area contributed by atoms with Gasteiger partial charge in [-0.05, 0) is 38.1 Å². The largest absolute Gasteiger partial charge is 0.399 e. The van der Waals surface area contributed by atoms with E-state index in [0.717, 1.165) is 0 Å². The van der Waals surface area contributed by atoms with Crippen LogP contribution in [0.25, 0.3) is 0 Å². The topological polar surface area (TPSA) is 77.1 Å². The maximum absolute atomic E-state index is 12.4. The molecule has 2 rings (SSSR count). The van der Waals surface area contributed by atoms with E-state index in [1.54, 1.807) is 38.1 Å². The Balaban J connectivity index is 2.17. The zero-order valence-corrected chi connectivity index (χ0v) is 13.2. The molecule has 0 saturated carbocycles. The Bertz CT molecular complexity index is 753. The van der Waals surface area contributed by atoms with Crippen molar-refractivity contribution in [2.75, 3.05) is 11.1 Å². The SMILES string of the molecule is CC(C)(Cn1cc(Cl)ccc1=O)C(=O)Nc1cccc(N)c1. The van der Waals surface area contributed by atoms with Crippen LogP contribution >= 0.6 is 11.6 Å². The van der Waals surface area contributed by atoms with Gasteiger partial charge < -0.3 is 15.6 Å². The summed E-state index contributed by atoms with van der Waals surface area (Å²) in [5.41, 5.74) is 5.89. The van der Waals surface area contributed by atoms with Crippen LogP contribution in [0.1, 0.15) is 13.8 Å². The van der Waals surface area contributed by atoms with Gasteiger partial charge in [-0.15, -0.1) is 0 Å². The highest BCUT2D eigenvalue weighted by atomic mass is 35.5. The van der Waals surface area contributed by atoms with Crippen molar-refractivity contribution >= 4 is 28.9 Å². The Hall–Kier alpha value is -2.27. The molecule has 0 aliphatic rings. The minimum Gasteiger partial charge on any atom is -0.399 e. The van der Waals surface area contributed by atoms with Crippen molar-refractivity contribution in [1.82, 2.24) is 4.57 Å². The van der Waals surface area contributed by atoms with Crippen LogP contribution in [0.5, 0.6) is 0 Å². The molecule has 1 heterocycles. The molecule has 1 amide bonds. The highest BCUT2D eigenvalue weighted by Crippen LogP contribution is 2.22. The van der Waals surface area contributed by atoms with Crippen LogP contribution in [0, 0.1) is 5.41 Å². The molecule has 3 N–H and O–H groups in total. The average Bonchev–Trinajstić information content (AvgIpc) is 2.42. The molecule has 1 aromatic carbocycles. The van der Waals surface area contributed by atoms with Crippen molar-refractivity contribution in [2.45, 2.75) is 20.4 Å². The summed E-state index contributed by atoms with van der Waals surface area (Å²) in [7, 11) is 0. The molecular weight excluding hydrogens is 302 g/mol. The summed E-state index contributed by atoms with van der Waals surface area (Å²) in [6, 6.07) is 9.86. The van der Waals surface area contributed by atoms with E-state index in [1.165, 1.54) is 22.9 Å². The van der Waals surface area contributed by atoms with Gasteiger partial charge in [-0.25, -0.2) is 0 Å². The monoisotopic (exact) mass is 319 g/mol. The van der Waals surface area contributed by atoms with Gasteiger partial charge in [0.15, 0.2) is 0 Å². The maximum atomic E-state index is 12.4. The Labute approximate surface area is 133 Å². The molecular formula is C16H18ClN3O2. The van der Waals surface area contributed by atoms with Crippen LogP contribution in [-0.4, -0.2) is 10.5 Å². The molecule has 0 spiro atoms. The number of carbonyl (C=O) groups excluding carboxylic acids is 1. The molecule has 0 aliphatic carbocycles. The standard InChI is InChI=1S/C16H18ClN3O2/c1-16(2,10-20-9-11(17)6-7-14(20)21)15(22)19-13-5-3-4-12(18)8-13/h3-9H,10,18H2,1-2H3,(H,19,22). The van der Waals surface area contributed by atoms with Crippen molar-refractivity contribution < 1.29 is 4.79 Å². The fourth-order valence-electron chi connectivity index (χ4n) is 2.04. The first-order chi connectivity index (χ1) is 10.3. The lowest BCUT2D eigenvalue weighted by molar-refractivity contribution is -0.124. The van der Waals surface area contributed by atoms with Gasteiger partial charge >= 0.3 is 0 Å². The second kappa shape index (κ2) is 6.23. The molecule has 116 valence electrons. The fourth-order valence-corrected chi connectivity index (χ4v) is 2.22. The number of benzene rings is 1. The third kappa shape index (κ3) is 3.89. The Morgan fingerprint density at radius 1 is 1.32 bits per heavy atom. The zero-order valence-electron chi connectivity index (χ0n) is 12.5. The minimum absolute atomic E-state index is 0.200. The third-order valence-corrected chi connectivity index (χ3v) is 3.50. The van der Waals surface area contributed by atoms with E-state index in [2.05, 4.69) is 5.32 Å². The summed E-state index contributed by atoms with van der Waals surface area (Å²) in [4.78, 5) is 24.3. The van der Waals surface area contributed by atoms with Crippen LogP contribution in [0.3, 0.4) is 0 Å². The second-order valence-corrected chi connectivity index (χ2v) is 6.21. The van der Waals surface area contributed by atoms with Gasteiger partial charge in [-0.2, -0.15) is 0 Å². The smallest absolute Gasteiger partial charge is 0.250 e. The number of aromatic nitrogens is 1. The van der Waals surface area contributed by atoms with Crippen LogP contribution in [-0.2, 0) is 11.3 Å². The number of rotatable bonds is 4. The lowest BCUT2D eigenvalue weighted by Gasteiger charge is -2.24. The fraction of sp³-hybridized carbons (Fsp3) is 0.250. The molecule has 0 fully saturated rings. The van der Waals surface area contributed by atoms with Gasteiger partial charge in [0.2, 0.25) is 5.91 Å². The summed E-state index contributed by atoms with van der Waals surface area (Å²) in [5.74, 6) is -0.204. The molecule has 0 radical (unpaired) electrons. The second-order valence-electron chi connectivity index (χ2n) is 5.78. The molecule has 6 heteroatoms. The third-order valence-electron chi connectivity index (χ3n) is 3.27.